The molecule has 154 valence electrons. The topological polar surface area (TPSA) is 145 Å². The van der Waals surface area contributed by atoms with Crippen LogP contribution in [0.4, 0.5) is 0 Å². The van der Waals surface area contributed by atoms with Crippen LogP contribution in [-0.2, 0) is 33.4 Å². The average molecular weight is 405 g/mol. The standard InChI is InChI=1S/C16H27N3O7S/c1-4-25-14(22)8-18-15(23)12(9-27)19(10(3)20)13(21)7-6-11(17)16(24)26-5-2/h11-12,27H,4-9,17H2,1-3H3,(H,18,23). The molecule has 3 amide bonds. The van der Waals surface area contributed by atoms with Crippen molar-refractivity contribution >= 4 is 42.3 Å². The molecule has 10 nitrogen and oxygen atoms in total. The van der Waals surface area contributed by atoms with Gasteiger partial charge < -0.3 is 20.5 Å². The second-order valence-electron chi connectivity index (χ2n) is 5.40. The summed E-state index contributed by atoms with van der Waals surface area (Å²) in [4.78, 5) is 60.1. The lowest BCUT2D eigenvalue weighted by Crippen LogP contribution is -2.53. The Morgan fingerprint density at radius 1 is 1.11 bits per heavy atom. The highest BCUT2D eigenvalue weighted by Gasteiger charge is 2.32. The van der Waals surface area contributed by atoms with Crippen molar-refractivity contribution in [2.24, 2.45) is 5.73 Å². The van der Waals surface area contributed by atoms with Crippen molar-refractivity contribution in [3.63, 3.8) is 0 Å². The smallest absolute Gasteiger partial charge is 0.325 e. The third kappa shape index (κ3) is 8.87. The first-order valence-electron chi connectivity index (χ1n) is 8.48. The van der Waals surface area contributed by atoms with Crippen LogP contribution in [-0.4, -0.2) is 72.2 Å². The Hall–Kier alpha value is -2.14. The molecular weight excluding hydrogens is 378 g/mol. The van der Waals surface area contributed by atoms with E-state index < -0.39 is 48.3 Å². The van der Waals surface area contributed by atoms with Crippen LogP contribution in [0.25, 0.3) is 0 Å². The minimum absolute atomic E-state index is 0.0504. The fraction of sp³-hybridized carbons (Fsp3) is 0.688. The third-order valence-corrected chi connectivity index (χ3v) is 3.71. The molecule has 0 radical (unpaired) electrons. The molecule has 0 spiro atoms. The molecule has 11 heteroatoms. The van der Waals surface area contributed by atoms with Crippen molar-refractivity contribution in [2.75, 3.05) is 25.5 Å². The molecule has 27 heavy (non-hydrogen) atoms. The number of hydrogen-bond acceptors (Lipinski definition) is 9. The van der Waals surface area contributed by atoms with Gasteiger partial charge in [-0.2, -0.15) is 12.6 Å². The maximum atomic E-state index is 12.4. The second kappa shape index (κ2) is 13.1. The number of nitrogens with zero attached hydrogens (tertiary/aromatic N) is 1. The van der Waals surface area contributed by atoms with E-state index in [0.29, 0.717) is 0 Å². The maximum Gasteiger partial charge on any atom is 0.325 e. The van der Waals surface area contributed by atoms with Gasteiger partial charge in [-0.1, -0.05) is 0 Å². The van der Waals surface area contributed by atoms with Crippen LogP contribution in [0.3, 0.4) is 0 Å². The molecule has 0 heterocycles. The van der Waals surface area contributed by atoms with Crippen molar-refractivity contribution in [2.45, 2.75) is 45.7 Å². The highest BCUT2D eigenvalue weighted by molar-refractivity contribution is 7.80. The largest absolute Gasteiger partial charge is 0.465 e. The number of rotatable bonds is 11. The monoisotopic (exact) mass is 405 g/mol. The molecule has 2 unspecified atom stereocenters. The highest BCUT2D eigenvalue weighted by Crippen LogP contribution is 2.09. The summed E-state index contributed by atoms with van der Waals surface area (Å²) in [6.45, 7) is 4.28. The second-order valence-corrected chi connectivity index (χ2v) is 5.77. The van der Waals surface area contributed by atoms with Gasteiger partial charge in [0.25, 0.3) is 0 Å². The molecule has 3 N–H and O–H groups in total. The Bertz CT molecular complexity index is 556. The highest BCUT2D eigenvalue weighted by atomic mass is 32.1. The van der Waals surface area contributed by atoms with Gasteiger partial charge in [0.1, 0.15) is 18.6 Å². The summed E-state index contributed by atoms with van der Waals surface area (Å²) < 4.78 is 9.44. The van der Waals surface area contributed by atoms with Gasteiger partial charge in [0.05, 0.1) is 13.2 Å². The van der Waals surface area contributed by atoms with E-state index in [0.717, 1.165) is 11.8 Å². The molecule has 2 atom stereocenters. The molecule has 0 aliphatic rings. The first-order chi connectivity index (χ1) is 12.7. The zero-order valence-corrected chi connectivity index (χ0v) is 16.6. The van der Waals surface area contributed by atoms with Gasteiger partial charge in [-0.15, -0.1) is 0 Å². The molecule has 0 rings (SSSR count). The number of hydrogen-bond donors (Lipinski definition) is 3. The number of thiol groups is 1. The number of imide groups is 1. The zero-order chi connectivity index (χ0) is 21.0. The summed E-state index contributed by atoms with van der Waals surface area (Å²) in [6.07, 6.45) is -0.291. The van der Waals surface area contributed by atoms with Gasteiger partial charge in [-0.05, 0) is 20.3 Å². The summed E-state index contributed by atoms with van der Waals surface area (Å²) in [6, 6.07) is -2.23. The van der Waals surface area contributed by atoms with E-state index in [-0.39, 0.29) is 31.8 Å². The lowest BCUT2D eigenvalue weighted by atomic mass is 10.1. The predicted molar refractivity (Wildman–Crippen MR) is 98.7 cm³/mol. The van der Waals surface area contributed by atoms with Crippen molar-refractivity contribution in [3.8, 4) is 0 Å². The van der Waals surface area contributed by atoms with E-state index >= 15 is 0 Å². The van der Waals surface area contributed by atoms with Crippen LogP contribution < -0.4 is 11.1 Å². The minimum Gasteiger partial charge on any atom is -0.465 e. The number of nitrogens with two attached hydrogens (primary N) is 1. The van der Waals surface area contributed by atoms with Crippen LogP contribution in [0, 0.1) is 0 Å². The third-order valence-electron chi connectivity index (χ3n) is 3.37. The summed E-state index contributed by atoms with van der Waals surface area (Å²) in [7, 11) is 0. The van der Waals surface area contributed by atoms with Crippen molar-refractivity contribution in [3.05, 3.63) is 0 Å². The molecule has 0 saturated heterocycles. The number of esters is 2. The first-order valence-corrected chi connectivity index (χ1v) is 9.11. The van der Waals surface area contributed by atoms with Gasteiger partial charge in [0, 0.05) is 19.1 Å². The molecular formula is C16H27N3O7S. The van der Waals surface area contributed by atoms with E-state index in [4.69, 9.17) is 15.2 Å². The summed E-state index contributed by atoms with van der Waals surface area (Å²) in [5.74, 6) is -3.54. The van der Waals surface area contributed by atoms with E-state index in [1.807, 2.05) is 0 Å². The fourth-order valence-electron chi connectivity index (χ4n) is 2.11. The molecule has 0 aromatic rings. The lowest BCUT2D eigenvalue weighted by molar-refractivity contribution is -0.150. The van der Waals surface area contributed by atoms with Crippen LogP contribution in [0.15, 0.2) is 0 Å². The zero-order valence-electron chi connectivity index (χ0n) is 15.7. The summed E-state index contributed by atoms with van der Waals surface area (Å²) >= 11 is 4.02. The molecule has 0 aliphatic carbocycles. The van der Waals surface area contributed by atoms with Gasteiger partial charge in [0.15, 0.2) is 0 Å². The van der Waals surface area contributed by atoms with Crippen LogP contribution in [0.2, 0.25) is 0 Å². The number of carbonyl (C=O) groups is 5. The van der Waals surface area contributed by atoms with Gasteiger partial charge in [-0.25, -0.2) is 0 Å². The molecule has 0 aromatic carbocycles. The lowest BCUT2D eigenvalue weighted by Gasteiger charge is -2.27. The van der Waals surface area contributed by atoms with E-state index in [2.05, 4.69) is 17.9 Å². The quantitative estimate of drug-likeness (QED) is 0.293. The van der Waals surface area contributed by atoms with Crippen LogP contribution in [0.5, 0.6) is 0 Å². The maximum absolute atomic E-state index is 12.4. The van der Waals surface area contributed by atoms with Gasteiger partial charge in [0.2, 0.25) is 17.7 Å². The van der Waals surface area contributed by atoms with Crippen molar-refractivity contribution in [1.29, 1.82) is 0 Å². The average Bonchev–Trinajstić information content (AvgIpc) is 2.61. The number of amides is 3. The summed E-state index contributed by atoms with van der Waals surface area (Å²) in [5.41, 5.74) is 5.63. The van der Waals surface area contributed by atoms with E-state index in [1.54, 1.807) is 13.8 Å². The normalized spacial score (nSPS) is 12.5. The van der Waals surface area contributed by atoms with Crippen molar-refractivity contribution < 1.29 is 33.4 Å². The summed E-state index contributed by atoms with van der Waals surface area (Å²) in [5, 5.41) is 2.30. The van der Waals surface area contributed by atoms with Gasteiger partial charge in [-0.3, -0.25) is 28.9 Å². The first kappa shape index (κ1) is 24.9. The number of nitrogens with one attached hydrogen (secondary N) is 1. The molecule has 0 fully saturated rings. The van der Waals surface area contributed by atoms with Crippen LogP contribution in [0.1, 0.15) is 33.6 Å². The Morgan fingerprint density at radius 3 is 2.19 bits per heavy atom. The van der Waals surface area contributed by atoms with Crippen molar-refractivity contribution in [1.82, 2.24) is 10.2 Å². The molecule has 0 saturated carbocycles. The number of carbonyl (C=O) groups excluding carboxylic acids is 5. The van der Waals surface area contributed by atoms with Crippen LogP contribution >= 0.6 is 12.6 Å². The molecule has 0 aromatic heterocycles. The predicted octanol–water partition coefficient (Wildman–Crippen LogP) is -0.990. The Balaban J connectivity index is 4.95. The van der Waals surface area contributed by atoms with E-state index in [9.17, 15) is 24.0 Å². The Morgan fingerprint density at radius 2 is 1.70 bits per heavy atom. The Labute approximate surface area is 163 Å². The fourth-order valence-corrected chi connectivity index (χ4v) is 2.44. The molecule has 0 aliphatic heterocycles. The minimum atomic E-state index is -1.22. The van der Waals surface area contributed by atoms with Gasteiger partial charge >= 0.3 is 11.9 Å². The number of ether oxygens (including phenoxy) is 2. The molecule has 0 bridgehead atoms. The Kier molecular flexibility index (Phi) is 12.1. The van der Waals surface area contributed by atoms with E-state index in [1.165, 1.54) is 0 Å². The SMILES string of the molecule is CCOC(=O)CNC(=O)C(CS)N(C(C)=O)C(=O)CCC(N)C(=O)OCC.